The van der Waals surface area contributed by atoms with E-state index in [0.29, 0.717) is 40.3 Å². The number of amides is 3. The molecule has 0 spiro atoms. The molecule has 274 valence electrons. The minimum Gasteiger partial charge on any atom is -0.466 e. The second-order valence-corrected chi connectivity index (χ2v) is 11.5. The van der Waals surface area contributed by atoms with E-state index in [0.717, 1.165) is 17.0 Å². The summed E-state index contributed by atoms with van der Waals surface area (Å²) in [6.45, 7) is 4.43. The third-order valence-electron chi connectivity index (χ3n) is 7.92. The Morgan fingerprint density at radius 3 is 2.28 bits per heavy atom. The topological polar surface area (TPSA) is 192 Å². The molecule has 0 aliphatic rings. The normalized spacial score (nSPS) is 11.1. The summed E-state index contributed by atoms with van der Waals surface area (Å²) in [4.78, 5) is 64.0. The first-order chi connectivity index (χ1) is 25.6. The maximum atomic E-state index is 13.7. The van der Waals surface area contributed by atoms with E-state index in [1.165, 1.54) is 4.90 Å². The lowest BCUT2D eigenvalue weighted by Crippen LogP contribution is -2.34. The average Bonchev–Trinajstić information content (AvgIpc) is 3.48. The summed E-state index contributed by atoms with van der Waals surface area (Å²) in [5, 5.41) is 5.92. The third kappa shape index (κ3) is 10.2. The fourth-order valence-electron chi connectivity index (χ4n) is 5.22. The average molecular weight is 721 g/mol. The van der Waals surface area contributed by atoms with Gasteiger partial charge < -0.3 is 29.8 Å². The van der Waals surface area contributed by atoms with Crippen LogP contribution in [0.4, 0.5) is 26.8 Å². The van der Waals surface area contributed by atoms with Crippen LogP contribution in [0.25, 0.3) is 11.0 Å². The molecule has 5 aromatic rings. The first-order valence-electron chi connectivity index (χ1n) is 16.9. The highest BCUT2D eigenvalue weighted by molar-refractivity contribution is 6.07. The number of ether oxygens (including phenoxy) is 3. The van der Waals surface area contributed by atoms with Gasteiger partial charge in [0.1, 0.15) is 24.1 Å². The van der Waals surface area contributed by atoms with E-state index in [-0.39, 0.29) is 44.5 Å². The maximum absolute atomic E-state index is 13.7. The van der Waals surface area contributed by atoms with Crippen LogP contribution in [-0.4, -0.2) is 64.2 Å². The van der Waals surface area contributed by atoms with Crippen LogP contribution >= 0.6 is 0 Å². The number of nitrogens with two attached hydrogens (primary N) is 1. The van der Waals surface area contributed by atoms with Crippen LogP contribution in [0, 0.1) is 0 Å². The number of fused-ring (bicyclic) bond motifs is 1. The Hall–Kier alpha value is -6.77. The number of carbonyl (C=O) groups is 4. The molecule has 0 atom stereocenters. The summed E-state index contributed by atoms with van der Waals surface area (Å²) >= 11 is 0. The van der Waals surface area contributed by atoms with Crippen LogP contribution in [0.2, 0.25) is 0 Å². The standard InChI is InChI=1S/C38H40N8O7/c1-4-51-34(47)19-21-46(32-8-6-7-20-40-32)36(48)27-13-18-31-30(22-27)43-33(45(31)3)23-41-28-16-11-26(12-17-28)35(39)44-38(50)53-24-25-9-14-29(15-10-25)42-37(49)52-5-2/h6-18,20,22,41H,4-5,19,21,23-24H2,1-3H3,(H,42,49)(H2,39,44,50). The van der Waals surface area contributed by atoms with Crippen LogP contribution in [0.3, 0.4) is 0 Å². The summed E-state index contributed by atoms with van der Waals surface area (Å²) in [7, 11) is 1.89. The predicted molar refractivity (Wildman–Crippen MR) is 200 cm³/mol. The summed E-state index contributed by atoms with van der Waals surface area (Å²) in [6, 6.07) is 24.3. The third-order valence-corrected chi connectivity index (χ3v) is 7.92. The van der Waals surface area contributed by atoms with Gasteiger partial charge in [0, 0.05) is 42.3 Å². The highest BCUT2D eigenvalue weighted by atomic mass is 16.6. The lowest BCUT2D eigenvalue weighted by molar-refractivity contribution is -0.142. The summed E-state index contributed by atoms with van der Waals surface area (Å²) < 4.78 is 17.1. The Kier molecular flexibility index (Phi) is 12.7. The minimum atomic E-state index is -0.841. The number of benzene rings is 3. The number of amidine groups is 1. The molecule has 15 heteroatoms. The Morgan fingerprint density at radius 1 is 0.868 bits per heavy atom. The molecule has 53 heavy (non-hydrogen) atoms. The SMILES string of the molecule is CCOC(=O)CCN(C(=O)c1ccc2c(c1)nc(CNc1ccc(/C(N)=N/C(=O)OCc3ccc(NC(=O)OCC)cc3)cc1)n2C)c1ccccn1. The number of hydrogen-bond donors (Lipinski definition) is 3. The van der Waals surface area contributed by atoms with E-state index in [1.54, 1.807) is 98.9 Å². The zero-order valence-corrected chi connectivity index (χ0v) is 29.6. The Balaban J connectivity index is 1.17. The van der Waals surface area contributed by atoms with E-state index in [2.05, 4.69) is 20.6 Å². The van der Waals surface area contributed by atoms with Crippen molar-refractivity contribution in [1.82, 2.24) is 14.5 Å². The van der Waals surface area contributed by atoms with Crippen LogP contribution < -0.4 is 21.3 Å². The van der Waals surface area contributed by atoms with Gasteiger partial charge in [0.15, 0.2) is 0 Å². The molecule has 5 rings (SSSR count). The first kappa shape index (κ1) is 37.5. The van der Waals surface area contributed by atoms with E-state index in [9.17, 15) is 19.2 Å². The van der Waals surface area contributed by atoms with Crippen molar-refractivity contribution in [1.29, 1.82) is 0 Å². The number of carbonyl (C=O) groups excluding carboxylic acids is 4. The highest BCUT2D eigenvalue weighted by Gasteiger charge is 2.21. The van der Waals surface area contributed by atoms with Crippen LogP contribution in [0.1, 0.15) is 47.6 Å². The van der Waals surface area contributed by atoms with Crippen LogP contribution in [-0.2, 0) is 39.2 Å². The molecule has 3 aromatic carbocycles. The second-order valence-electron chi connectivity index (χ2n) is 11.5. The minimum absolute atomic E-state index is 0.00117. The number of nitrogens with one attached hydrogen (secondary N) is 2. The fourth-order valence-corrected chi connectivity index (χ4v) is 5.22. The first-order valence-corrected chi connectivity index (χ1v) is 16.9. The highest BCUT2D eigenvalue weighted by Crippen LogP contribution is 2.22. The van der Waals surface area contributed by atoms with Crippen molar-refractivity contribution >= 4 is 58.1 Å². The fraction of sp³-hybridized carbons (Fsp3) is 0.237. The van der Waals surface area contributed by atoms with Crippen molar-refractivity contribution in [2.75, 3.05) is 35.3 Å². The summed E-state index contributed by atoms with van der Waals surface area (Å²) in [5.74, 6) is 0.448. The smallest absolute Gasteiger partial charge is 0.435 e. The second kappa shape index (κ2) is 17.9. The van der Waals surface area contributed by atoms with Gasteiger partial charge in [0.25, 0.3) is 5.91 Å². The van der Waals surface area contributed by atoms with Gasteiger partial charge in [-0.1, -0.05) is 18.2 Å². The monoisotopic (exact) mass is 720 g/mol. The predicted octanol–water partition coefficient (Wildman–Crippen LogP) is 5.79. The Morgan fingerprint density at radius 2 is 1.58 bits per heavy atom. The molecule has 0 unspecified atom stereocenters. The van der Waals surface area contributed by atoms with Gasteiger partial charge in [-0.2, -0.15) is 4.99 Å². The van der Waals surface area contributed by atoms with Gasteiger partial charge in [-0.15, -0.1) is 0 Å². The molecule has 0 aliphatic carbocycles. The van der Waals surface area contributed by atoms with Gasteiger partial charge in [0.05, 0.1) is 37.2 Å². The number of esters is 1. The molecule has 0 saturated heterocycles. The zero-order chi connectivity index (χ0) is 37.7. The quantitative estimate of drug-likeness (QED) is 0.0544. The van der Waals surface area contributed by atoms with Gasteiger partial charge in [0.2, 0.25) is 0 Å². The molecule has 2 heterocycles. The van der Waals surface area contributed by atoms with Gasteiger partial charge in [-0.3, -0.25) is 19.8 Å². The number of pyridine rings is 1. The number of rotatable bonds is 14. The van der Waals surface area contributed by atoms with Crippen molar-refractivity contribution < 1.29 is 33.4 Å². The van der Waals surface area contributed by atoms with Crippen molar-refractivity contribution in [3.05, 3.63) is 114 Å². The molecule has 4 N–H and O–H groups in total. The molecule has 0 bridgehead atoms. The summed E-state index contributed by atoms with van der Waals surface area (Å²) in [5.41, 5.74) is 10.5. The van der Waals surface area contributed by atoms with E-state index in [1.807, 2.05) is 17.7 Å². The maximum Gasteiger partial charge on any atom is 0.435 e. The molecule has 0 fully saturated rings. The van der Waals surface area contributed by atoms with Crippen molar-refractivity contribution in [2.45, 2.75) is 33.4 Å². The van der Waals surface area contributed by atoms with Crippen LogP contribution in [0.15, 0.2) is 96.1 Å². The zero-order valence-electron chi connectivity index (χ0n) is 29.6. The summed E-state index contributed by atoms with van der Waals surface area (Å²) in [6.07, 6.45) is 0.227. The van der Waals surface area contributed by atoms with Crippen molar-refractivity contribution in [3.8, 4) is 0 Å². The number of aliphatic imine (C=N–C) groups is 1. The van der Waals surface area contributed by atoms with Crippen molar-refractivity contribution in [2.24, 2.45) is 17.8 Å². The molecule has 2 aromatic heterocycles. The molecule has 3 amide bonds. The van der Waals surface area contributed by atoms with E-state index < -0.39 is 18.2 Å². The number of anilines is 3. The van der Waals surface area contributed by atoms with Crippen molar-refractivity contribution in [3.63, 3.8) is 0 Å². The lowest BCUT2D eigenvalue weighted by Gasteiger charge is -2.21. The van der Waals surface area contributed by atoms with Gasteiger partial charge >= 0.3 is 18.2 Å². The van der Waals surface area contributed by atoms with E-state index >= 15 is 0 Å². The molecular formula is C38H40N8O7. The van der Waals surface area contributed by atoms with E-state index in [4.69, 9.17) is 24.9 Å². The number of aromatic nitrogens is 3. The van der Waals surface area contributed by atoms with Gasteiger partial charge in [-0.05, 0) is 86.1 Å². The number of nitrogens with zero attached hydrogens (tertiary/aromatic N) is 5. The largest absolute Gasteiger partial charge is 0.466 e. The molecule has 0 aliphatic heterocycles. The Bertz CT molecular complexity index is 2080. The number of imidazole rings is 1. The van der Waals surface area contributed by atoms with Gasteiger partial charge in [-0.25, -0.2) is 19.6 Å². The number of aryl methyl sites for hydroxylation is 1. The molecular weight excluding hydrogens is 680 g/mol. The molecule has 15 nitrogen and oxygen atoms in total. The number of hydrogen-bond acceptors (Lipinski definition) is 10. The molecule has 0 radical (unpaired) electrons. The Labute approximate surface area is 305 Å². The lowest BCUT2D eigenvalue weighted by atomic mass is 10.1. The molecule has 0 saturated carbocycles. The van der Waals surface area contributed by atoms with Crippen LogP contribution in [0.5, 0.6) is 0 Å².